The molecule has 0 aliphatic carbocycles. The molecule has 282 valence electrons. The van der Waals surface area contributed by atoms with Crippen LogP contribution in [0.5, 0.6) is 0 Å². The number of benzene rings is 8. The molecule has 0 atom stereocenters. The Balaban J connectivity index is 1.55. The summed E-state index contributed by atoms with van der Waals surface area (Å²) in [6, 6.07) is 51.7. The molecule has 0 N–H and O–H groups in total. The molecule has 0 saturated carbocycles. The highest BCUT2D eigenvalue weighted by atomic mass is 14.3. The van der Waals surface area contributed by atoms with Gasteiger partial charge in [-0.25, -0.2) is 0 Å². The van der Waals surface area contributed by atoms with Crippen LogP contribution in [0.2, 0.25) is 0 Å². The predicted octanol–water partition coefficient (Wildman–Crippen LogP) is 16.4. The molecule has 0 amide bonds. The van der Waals surface area contributed by atoms with E-state index in [0.29, 0.717) is 0 Å². The summed E-state index contributed by atoms with van der Waals surface area (Å²) in [5, 5.41) is 7.87. The van der Waals surface area contributed by atoms with E-state index in [1.54, 1.807) is 0 Å². The third-order valence-corrected chi connectivity index (χ3v) is 12.1. The highest BCUT2D eigenvalue weighted by Crippen LogP contribution is 2.53. The number of rotatable bonds is 4. The molecular weight excluding hydrogens is 673 g/mol. The Morgan fingerprint density at radius 3 is 0.571 bits per heavy atom. The van der Waals surface area contributed by atoms with Crippen LogP contribution in [0.3, 0.4) is 0 Å². The molecule has 0 aliphatic heterocycles. The molecule has 0 saturated heterocycles. The lowest BCUT2D eigenvalue weighted by molar-refractivity contribution is 0.590. The molecular formula is C56H58. The first kappa shape index (κ1) is 37.7. The van der Waals surface area contributed by atoms with Gasteiger partial charge in [-0.05, 0) is 121 Å². The Morgan fingerprint density at radius 1 is 0.232 bits per heavy atom. The van der Waals surface area contributed by atoms with E-state index in [4.69, 9.17) is 0 Å². The Kier molecular flexibility index (Phi) is 8.89. The molecule has 0 bridgehead atoms. The van der Waals surface area contributed by atoms with Gasteiger partial charge in [-0.1, -0.05) is 217 Å². The quantitative estimate of drug-likeness (QED) is 0.158. The molecule has 0 heteroatoms. The van der Waals surface area contributed by atoms with Crippen LogP contribution in [0.4, 0.5) is 0 Å². The fourth-order valence-corrected chi connectivity index (χ4v) is 8.76. The third kappa shape index (κ3) is 6.52. The molecule has 8 aromatic carbocycles. The van der Waals surface area contributed by atoms with Gasteiger partial charge in [0.1, 0.15) is 0 Å². The van der Waals surface area contributed by atoms with Gasteiger partial charge < -0.3 is 0 Å². The molecule has 0 spiro atoms. The maximum Gasteiger partial charge on any atom is -0.00134 e. The van der Waals surface area contributed by atoms with Gasteiger partial charge in [-0.3, -0.25) is 0 Å². The third-order valence-electron chi connectivity index (χ3n) is 12.1. The van der Waals surface area contributed by atoms with Crippen molar-refractivity contribution in [2.45, 2.75) is 105 Å². The lowest BCUT2D eigenvalue weighted by Gasteiger charge is -2.26. The van der Waals surface area contributed by atoms with Gasteiger partial charge in [-0.2, -0.15) is 0 Å². The van der Waals surface area contributed by atoms with E-state index in [1.807, 2.05) is 0 Å². The van der Waals surface area contributed by atoms with Crippen molar-refractivity contribution in [3.63, 3.8) is 0 Å². The van der Waals surface area contributed by atoms with Crippen LogP contribution in [-0.2, 0) is 21.7 Å². The minimum atomic E-state index is 0.0717. The van der Waals surface area contributed by atoms with Crippen LogP contribution in [0.15, 0.2) is 133 Å². The van der Waals surface area contributed by atoms with Crippen LogP contribution in [0.25, 0.3) is 76.8 Å². The molecule has 0 unspecified atom stereocenters. The molecule has 0 aromatic heterocycles. The minimum Gasteiger partial charge on any atom is -0.0610 e. The van der Waals surface area contributed by atoms with Crippen LogP contribution < -0.4 is 0 Å². The SMILES string of the molecule is CC(C)(C)c1ccc(-c2c(-c3ccc(C(C)(C)C)cc3)c3cccc4c(-c5ccc(C(C)(C)C)cc5)c(-c5ccc(C(C)(C)C)cc5)c5cccc2c5c34)cc1. The molecule has 56 heavy (non-hydrogen) atoms. The van der Waals surface area contributed by atoms with E-state index in [2.05, 4.69) is 217 Å². The average molecular weight is 731 g/mol. The smallest absolute Gasteiger partial charge is 0.00134 e. The van der Waals surface area contributed by atoms with Gasteiger partial charge >= 0.3 is 0 Å². The zero-order valence-electron chi connectivity index (χ0n) is 35.7. The molecule has 0 fully saturated rings. The van der Waals surface area contributed by atoms with Gasteiger partial charge in [0, 0.05) is 0 Å². The first-order valence-corrected chi connectivity index (χ1v) is 20.5. The van der Waals surface area contributed by atoms with E-state index < -0.39 is 0 Å². The summed E-state index contributed by atoms with van der Waals surface area (Å²) in [4.78, 5) is 0. The predicted molar refractivity (Wildman–Crippen MR) is 247 cm³/mol. The molecule has 0 radical (unpaired) electrons. The Labute approximate surface area is 336 Å². The maximum absolute atomic E-state index is 2.37. The zero-order valence-corrected chi connectivity index (χ0v) is 35.7. The first-order valence-electron chi connectivity index (χ1n) is 20.5. The van der Waals surface area contributed by atoms with E-state index in [-0.39, 0.29) is 21.7 Å². The normalized spacial score (nSPS) is 13.0. The van der Waals surface area contributed by atoms with Crippen LogP contribution >= 0.6 is 0 Å². The summed E-state index contributed by atoms with van der Waals surface area (Å²) < 4.78 is 0. The topological polar surface area (TPSA) is 0 Å². The highest BCUT2D eigenvalue weighted by molar-refractivity contribution is 6.36. The van der Waals surface area contributed by atoms with Crippen molar-refractivity contribution < 1.29 is 0 Å². The second-order valence-corrected chi connectivity index (χ2v) is 20.3. The maximum atomic E-state index is 2.37. The summed E-state index contributed by atoms with van der Waals surface area (Å²) in [7, 11) is 0. The van der Waals surface area contributed by atoms with Crippen molar-refractivity contribution in [1.29, 1.82) is 0 Å². The number of hydrogen-bond donors (Lipinski definition) is 0. The Morgan fingerprint density at radius 2 is 0.411 bits per heavy atom. The van der Waals surface area contributed by atoms with Crippen molar-refractivity contribution >= 4 is 32.3 Å². The first-order chi connectivity index (χ1) is 26.3. The standard InChI is InChI=1S/C56H58/c1-53(2,3)39-27-19-35(20-28-39)47-43-15-13-17-45-49(37-23-31-41(32-24-37)55(7,8)9)50(38-25-33-42(34-26-38)56(10,11)12)46-18-14-16-44(52(46)51(43)45)48(47)36-21-29-40(30-22-36)54(4,5)6/h13-34H,1-12H3. The summed E-state index contributed by atoms with van der Waals surface area (Å²) in [6.07, 6.45) is 0. The molecule has 8 rings (SSSR count). The van der Waals surface area contributed by atoms with Gasteiger partial charge in [0.15, 0.2) is 0 Å². The fourth-order valence-electron chi connectivity index (χ4n) is 8.76. The van der Waals surface area contributed by atoms with Gasteiger partial charge in [0.2, 0.25) is 0 Å². The van der Waals surface area contributed by atoms with Gasteiger partial charge in [0.05, 0.1) is 0 Å². The summed E-state index contributed by atoms with van der Waals surface area (Å²) in [6.45, 7) is 27.6. The van der Waals surface area contributed by atoms with E-state index in [0.717, 1.165) is 0 Å². The van der Waals surface area contributed by atoms with Crippen molar-refractivity contribution in [3.05, 3.63) is 156 Å². The Hall–Kier alpha value is -5.20. The number of hydrogen-bond acceptors (Lipinski definition) is 0. The van der Waals surface area contributed by atoms with Crippen molar-refractivity contribution in [3.8, 4) is 44.5 Å². The molecule has 8 aromatic rings. The van der Waals surface area contributed by atoms with E-state index >= 15 is 0 Å². The minimum absolute atomic E-state index is 0.0717. The van der Waals surface area contributed by atoms with Crippen LogP contribution in [-0.4, -0.2) is 0 Å². The second-order valence-electron chi connectivity index (χ2n) is 20.3. The summed E-state index contributed by atoms with van der Waals surface area (Å²) >= 11 is 0. The zero-order chi connectivity index (χ0) is 39.9. The van der Waals surface area contributed by atoms with Crippen molar-refractivity contribution in [2.75, 3.05) is 0 Å². The largest absolute Gasteiger partial charge is 0.0610 e. The summed E-state index contributed by atoms with van der Waals surface area (Å²) in [5.41, 5.74) is 15.9. The Bertz CT molecular complexity index is 2320. The second kappa shape index (κ2) is 13.2. The summed E-state index contributed by atoms with van der Waals surface area (Å²) in [5.74, 6) is 0. The molecule has 0 aliphatic rings. The van der Waals surface area contributed by atoms with Crippen LogP contribution in [0.1, 0.15) is 105 Å². The van der Waals surface area contributed by atoms with Gasteiger partial charge in [-0.15, -0.1) is 0 Å². The van der Waals surface area contributed by atoms with Crippen molar-refractivity contribution in [2.24, 2.45) is 0 Å². The van der Waals surface area contributed by atoms with Crippen LogP contribution in [0, 0.1) is 0 Å². The van der Waals surface area contributed by atoms with E-state index in [9.17, 15) is 0 Å². The highest BCUT2D eigenvalue weighted by Gasteiger charge is 2.27. The fraction of sp³-hybridized carbons (Fsp3) is 0.286. The average Bonchev–Trinajstić information content (AvgIpc) is 3.15. The molecule has 0 heterocycles. The monoisotopic (exact) mass is 730 g/mol. The van der Waals surface area contributed by atoms with E-state index in [1.165, 1.54) is 99.1 Å². The van der Waals surface area contributed by atoms with Crippen molar-refractivity contribution in [1.82, 2.24) is 0 Å². The molecule has 0 nitrogen and oxygen atoms in total. The lowest BCUT2D eigenvalue weighted by Crippen LogP contribution is -2.10. The van der Waals surface area contributed by atoms with Gasteiger partial charge in [0.25, 0.3) is 0 Å². The lowest BCUT2D eigenvalue weighted by atomic mass is 9.77.